The zero-order valence-corrected chi connectivity index (χ0v) is 11.5. The largest absolute Gasteiger partial charge is 0.379 e. The molecule has 1 aromatic heterocycles. The van der Waals surface area contributed by atoms with E-state index in [4.69, 9.17) is 4.74 Å². The molecule has 3 rings (SSSR count). The Morgan fingerprint density at radius 3 is 2.58 bits per heavy atom. The second-order valence-corrected chi connectivity index (χ2v) is 5.51. The lowest BCUT2D eigenvalue weighted by atomic mass is 9.87. The van der Waals surface area contributed by atoms with E-state index in [-0.39, 0.29) is 11.3 Å². The zero-order chi connectivity index (χ0) is 13.3. The molecule has 2 fully saturated rings. The minimum absolute atomic E-state index is 0.243. The first-order valence-corrected chi connectivity index (χ1v) is 7.10. The average molecular weight is 263 g/mol. The van der Waals surface area contributed by atoms with Crippen LogP contribution in [0.1, 0.15) is 36.2 Å². The van der Waals surface area contributed by atoms with Gasteiger partial charge in [0.25, 0.3) is 0 Å². The number of carbonyl (C=O) groups excluding carboxylic acids is 1. The smallest absolute Gasteiger partial charge is 0.201 e. The first-order chi connectivity index (χ1) is 9.24. The second kappa shape index (κ2) is 5.06. The fourth-order valence-electron chi connectivity index (χ4n) is 3.47. The Balaban J connectivity index is 1.91. The Bertz CT molecular complexity index is 457. The third kappa shape index (κ3) is 2.11. The summed E-state index contributed by atoms with van der Waals surface area (Å²) in [7, 11) is 1.84. The Kier molecular flexibility index (Phi) is 3.41. The van der Waals surface area contributed by atoms with Gasteiger partial charge in [0.1, 0.15) is 5.69 Å². The Morgan fingerprint density at radius 1 is 1.32 bits per heavy atom. The molecule has 1 aliphatic carbocycles. The van der Waals surface area contributed by atoms with Crippen molar-refractivity contribution in [3.63, 3.8) is 0 Å². The van der Waals surface area contributed by atoms with Gasteiger partial charge in [-0.2, -0.15) is 5.10 Å². The van der Waals surface area contributed by atoms with E-state index < -0.39 is 0 Å². The normalized spacial score (nSPS) is 23.6. The molecule has 0 bridgehead atoms. The molecule has 5 nitrogen and oxygen atoms in total. The fourth-order valence-corrected chi connectivity index (χ4v) is 3.47. The number of ketones is 1. The van der Waals surface area contributed by atoms with Gasteiger partial charge in [-0.25, -0.2) is 0 Å². The van der Waals surface area contributed by atoms with Gasteiger partial charge in [0.05, 0.1) is 18.8 Å². The number of aromatic nitrogens is 2. The number of ether oxygens (including phenoxy) is 1. The lowest BCUT2D eigenvalue weighted by Crippen LogP contribution is -2.57. The van der Waals surface area contributed by atoms with Crippen molar-refractivity contribution < 1.29 is 9.53 Å². The van der Waals surface area contributed by atoms with Crippen LogP contribution in [-0.4, -0.2) is 52.3 Å². The molecule has 1 saturated heterocycles. The molecule has 0 unspecified atom stereocenters. The molecule has 0 atom stereocenters. The first kappa shape index (κ1) is 12.8. The summed E-state index contributed by atoms with van der Waals surface area (Å²) < 4.78 is 7.13. The van der Waals surface area contributed by atoms with Crippen molar-refractivity contribution >= 4 is 5.78 Å². The van der Waals surface area contributed by atoms with Crippen LogP contribution in [0.25, 0.3) is 0 Å². The Labute approximate surface area is 113 Å². The van der Waals surface area contributed by atoms with Crippen LogP contribution in [0.15, 0.2) is 12.3 Å². The zero-order valence-electron chi connectivity index (χ0n) is 11.5. The minimum atomic E-state index is -0.308. The molecule has 1 saturated carbocycles. The van der Waals surface area contributed by atoms with Gasteiger partial charge in [-0.1, -0.05) is 12.8 Å². The van der Waals surface area contributed by atoms with Gasteiger partial charge < -0.3 is 4.74 Å². The highest BCUT2D eigenvalue weighted by Gasteiger charge is 2.47. The van der Waals surface area contributed by atoms with E-state index in [0.29, 0.717) is 0 Å². The molecule has 2 heterocycles. The molecular formula is C14H21N3O2. The van der Waals surface area contributed by atoms with Gasteiger partial charge in [-0.05, 0) is 18.9 Å². The van der Waals surface area contributed by atoms with Crippen molar-refractivity contribution in [2.75, 3.05) is 26.3 Å². The lowest BCUT2D eigenvalue weighted by molar-refractivity contribution is -0.0133. The summed E-state index contributed by atoms with van der Waals surface area (Å²) in [5, 5.41) is 4.14. The van der Waals surface area contributed by atoms with Gasteiger partial charge in [-0.3, -0.25) is 14.4 Å². The monoisotopic (exact) mass is 263 g/mol. The molecule has 104 valence electrons. The van der Waals surface area contributed by atoms with Crippen molar-refractivity contribution in [1.82, 2.24) is 14.7 Å². The standard InChI is InChI=1S/C14H21N3O2/c1-16-12(4-7-15-16)13(18)14(5-2-3-6-14)17-8-10-19-11-9-17/h4,7H,2-3,5-6,8-11H2,1H3. The quantitative estimate of drug-likeness (QED) is 0.770. The predicted molar refractivity (Wildman–Crippen MR) is 71.1 cm³/mol. The molecule has 0 aromatic carbocycles. The summed E-state index contributed by atoms with van der Waals surface area (Å²) in [6.07, 6.45) is 5.92. The fraction of sp³-hybridized carbons (Fsp3) is 0.714. The summed E-state index contributed by atoms with van der Waals surface area (Å²) in [5.74, 6) is 0.243. The number of hydrogen-bond donors (Lipinski definition) is 0. The Hall–Kier alpha value is -1.20. The number of aryl methyl sites for hydroxylation is 1. The molecule has 19 heavy (non-hydrogen) atoms. The van der Waals surface area contributed by atoms with E-state index in [1.54, 1.807) is 10.9 Å². The number of rotatable bonds is 3. The van der Waals surface area contributed by atoms with Crippen LogP contribution in [0, 0.1) is 0 Å². The van der Waals surface area contributed by atoms with Gasteiger partial charge in [0, 0.05) is 26.3 Å². The van der Waals surface area contributed by atoms with Crippen LogP contribution in [0.5, 0.6) is 0 Å². The maximum absolute atomic E-state index is 13.0. The number of Topliss-reactive ketones (excluding diaryl/α,β-unsaturated/α-hetero) is 1. The topological polar surface area (TPSA) is 47.4 Å². The second-order valence-electron chi connectivity index (χ2n) is 5.51. The van der Waals surface area contributed by atoms with E-state index in [1.165, 1.54) is 0 Å². The van der Waals surface area contributed by atoms with E-state index in [0.717, 1.165) is 57.7 Å². The van der Waals surface area contributed by atoms with Gasteiger partial charge in [-0.15, -0.1) is 0 Å². The number of hydrogen-bond acceptors (Lipinski definition) is 4. The van der Waals surface area contributed by atoms with Crippen LogP contribution >= 0.6 is 0 Å². The summed E-state index contributed by atoms with van der Waals surface area (Å²) in [5.41, 5.74) is 0.422. The SMILES string of the molecule is Cn1nccc1C(=O)C1(N2CCOCC2)CCCC1. The molecule has 1 aliphatic heterocycles. The van der Waals surface area contributed by atoms with Crippen molar-refractivity contribution in [2.45, 2.75) is 31.2 Å². The number of carbonyl (C=O) groups is 1. The molecule has 2 aliphatic rings. The van der Waals surface area contributed by atoms with E-state index >= 15 is 0 Å². The molecular weight excluding hydrogens is 242 g/mol. The molecule has 0 spiro atoms. The van der Waals surface area contributed by atoms with Gasteiger partial charge in [0.2, 0.25) is 5.78 Å². The lowest BCUT2D eigenvalue weighted by Gasteiger charge is -2.42. The minimum Gasteiger partial charge on any atom is -0.379 e. The third-order valence-electron chi connectivity index (χ3n) is 4.52. The maximum Gasteiger partial charge on any atom is 0.201 e. The third-order valence-corrected chi connectivity index (χ3v) is 4.52. The highest BCUT2D eigenvalue weighted by atomic mass is 16.5. The van der Waals surface area contributed by atoms with Crippen LogP contribution in [-0.2, 0) is 11.8 Å². The predicted octanol–water partition coefficient (Wildman–Crippen LogP) is 1.25. The summed E-state index contributed by atoms with van der Waals surface area (Å²) in [6.45, 7) is 3.20. The average Bonchev–Trinajstić information content (AvgIpc) is 3.08. The first-order valence-electron chi connectivity index (χ1n) is 7.10. The van der Waals surface area contributed by atoms with Crippen LogP contribution in [0.3, 0.4) is 0 Å². The summed E-state index contributed by atoms with van der Waals surface area (Å²) >= 11 is 0. The maximum atomic E-state index is 13.0. The van der Waals surface area contributed by atoms with Crippen molar-refractivity contribution in [1.29, 1.82) is 0 Å². The molecule has 1 aromatic rings. The molecule has 0 amide bonds. The van der Waals surface area contributed by atoms with Crippen LogP contribution in [0.2, 0.25) is 0 Å². The summed E-state index contributed by atoms with van der Waals surface area (Å²) in [6, 6.07) is 1.84. The van der Waals surface area contributed by atoms with Crippen molar-refractivity contribution in [3.05, 3.63) is 18.0 Å². The van der Waals surface area contributed by atoms with Crippen molar-refractivity contribution in [2.24, 2.45) is 7.05 Å². The number of nitrogens with zero attached hydrogens (tertiary/aromatic N) is 3. The van der Waals surface area contributed by atoms with E-state index in [2.05, 4.69) is 10.00 Å². The highest BCUT2D eigenvalue weighted by Crippen LogP contribution is 2.38. The summed E-state index contributed by atoms with van der Waals surface area (Å²) in [4.78, 5) is 15.4. The van der Waals surface area contributed by atoms with Gasteiger partial charge >= 0.3 is 0 Å². The van der Waals surface area contributed by atoms with E-state index in [1.807, 2.05) is 13.1 Å². The Morgan fingerprint density at radius 2 is 2.00 bits per heavy atom. The van der Waals surface area contributed by atoms with Crippen LogP contribution in [0.4, 0.5) is 0 Å². The molecule has 0 N–H and O–H groups in total. The molecule has 0 radical (unpaired) electrons. The van der Waals surface area contributed by atoms with Gasteiger partial charge in [0.15, 0.2) is 0 Å². The highest BCUT2D eigenvalue weighted by molar-refractivity contribution is 6.02. The number of morpholine rings is 1. The van der Waals surface area contributed by atoms with Crippen molar-refractivity contribution in [3.8, 4) is 0 Å². The van der Waals surface area contributed by atoms with Crippen LogP contribution < -0.4 is 0 Å². The molecule has 5 heteroatoms. The van der Waals surface area contributed by atoms with E-state index in [9.17, 15) is 4.79 Å².